The van der Waals surface area contributed by atoms with Crippen LogP contribution in [0, 0.1) is 0 Å². The Hall–Kier alpha value is -1.63. The summed E-state index contributed by atoms with van der Waals surface area (Å²) >= 11 is 0. The van der Waals surface area contributed by atoms with E-state index in [1.165, 1.54) is 0 Å². The van der Waals surface area contributed by atoms with Crippen LogP contribution in [0.4, 0.5) is 0 Å². The number of hydrogen-bond acceptors (Lipinski definition) is 6. The van der Waals surface area contributed by atoms with E-state index in [9.17, 15) is 15.0 Å². The fourth-order valence-corrected chi connectivity index (χ4v) is 5.73. The number of piperidine rings is 1. The van der Waals surface area contributed by atoms with E-state index in [2.05, 4.69) is 4.90 Å². The van der Waals surface area contributed by atoms with Gasteiger partial charge in [-0.25, -0.2) is 0 Å². The molecule has 4 aliphatic rings. The number of carbonyl (C=O) groups excluding carboxylic acids is 1. The third-order valence-electron chi connectivity index (χ3n) is 6.78. The average Bonchev–Trinajstić information content (AvgIpc) is 2.91. The Morgan fingerprint density at radius 3 is 2.92 bits per heavy atom. The molecule has 1 aromatic rings. The highest BCUT2D eigenvalue weighted by Crippen LogP contribution is 2.64. The summed E-state index contributed by atoms with van der Waals surface area (Å²) < 4.78 is 11.5. The smallest absolute Gasteiger partial charge is 0.177 e. The number of ether oxygens (including phenoxy) is 2. The number of nitrogens with zero attached hydrogens (tertiary/aromatic N) is 1. The lowest BCUT2D eigenvalue weighted by molar-refractivity contribution is -0.226. The predicted octanol–water partition coefficient (Wildman–Crippen LogP) is 0.0190. The van der Waals surface area contributed by atoms with E-state index in [1.54, 1.807) is 7.11 Å². The maximum atomic E-state index is 12.7. The SMILES string of the molecule is COc1ccc2c3c1O[C@H]1C(=O)CC(O)[C@@]4(O)[C@@H](C2)N(C)CC[C@]314. The first-order valence-electron chi connectivity index (χ1n) is 8.45. The van der Waals surface area contributed by atoms with Crippen molar-refractivity contribution in [1.29, 1.82) is 0 Å². The van der Waals surface area contributed by atoms with Gasteiger partial charge >= 0.3 is 0 Å². The molecule has 6 heteroatoms. The van der Waals surface area contributed by atoms with Gasteiger partial charge in [0.25, 0.3) is 0 Å². The van der Waals surface area contributed by atoms with Crippen molar-refractivity contribution in [3.8, 4) is 11.5 Å². The highest BCUT2D eigenvalue weighted by Gasteiger charge is 2.75. The molecule has 2 aliphatic carbocycles. The first-order valence-corrected chi connectivity index (χ1v) is 8.45. The Morgan fingerprint density at radius 2 is 2.17 bits per heavy atom. The maximum Gasteiger partial charge on any atom is 0.177 e. The minimum Gasteiger partial charge on any atom is -0.493 e. The van der Waals surface area contributed by atoms with Gasteiger partial charge in [0.15, 0.2) is 23.4 Å². The second-order valence-electron chi connectivity index (χ2n) is 7.56. The molecule has 2 N–H and O–H groups in total. The van der Waals surface area contributed by atoms with Crippen LogP contribution >= 0.6 is 0 Å². The summed E-state index contributed by atoms with van der Waals surface area (Å²) in [5, 5.41) is 22.5. The molecule has 1 aromatic carbocycles. The Bertz CT molecular complexity index is 764. The molecule has 2 fully saturated rings. The summed E-state index contributed by atoms with van der Waals surface area (Å²) in [6.07, 6.45) is -0.686. The molecule has 0 aromatic heterocycles. The number of aliphatic hydroxyl groups excluding tert-OH is 1. The molecular weight excluding hydrogens is 310 g/mol. The number of hydrogen-bond donors (Lipinski definition) is 2. The van der Waals surface area contributed by atoms with Crippen molar-refractivity contribution in [2.45, 2.75) is 48.5 Å². The number of methoxy groups -OCH3 is 1. The fourth-order valence-electron chi connectivity index (χ4n) is 5.73. The second-order valence-corrected chi connectivity index (χ2v) is 7.56. The number of Topliss-reactive ketones (excluding diaryl/α,β-unsaturated/α-hetero) is 1. The van der Waals surface area contributed by atoms with Gasteiger partial charge in [0, 0.05) is 18.0 Å². The van der Waals surface area contributed by atoms with Crippen molar-refractivity contribution in [2.24, 2.45) is 0 Å². The Balaban J connectivity index is 1.87. The standard InChI is InChI=1S/C18H21NO5/c1-19-6-5-17-14-9-3-4-11(23-2)15(14)24-16(17)10(20)8-13(21)18(17,22)12(19)7-9/h3-4,12-13,16,21-22H,5-8H2,1-2H3/t12-,13?,16+,17+,18+/m1/s1. The van der Waals surface area contributed by atoms with E-state index >= 15 is 0 Å². The molecule has 2 bridgehead atoms. The first kappa shape index (κ1) is 14.7. The lowest BCUT2D eigenvalue weighted by Crippen LogP contribution is -2.80. The topological polar surface area (TPSA) is 79.2 Å². The van der Waals surface area contributed by atoms with Gasteiger partial charge in [-0.05, 0) is 38.1 Å². The molecule has 1 saturated carbocycles. The molecule has 1 unspecified atom stereocenters. The molecule has 2 aliphatic heterocycles. The summed E-state index contributed by atoms with van der Waals surface area (Å²) in [5.74, 6) is 1.02. The predicted molar refractivity (Wildman–Crippen MR) is 84.4 cm³/mol. The van der Waals surface area contributed by atoms with Gasteiger partial charge in [0.2, 0.25) is 0 Å². The molecule has 2 heterocycles. The number of likely N-dealkylation sites (N-methyl/N-ethyl adjacent to an activating group) is 1. The Labute approximate surface area is 140 Å². The molecule has 128 valence electrons. The van der Waals surface area contributed by atoms with Crippen LogP contribution in [-0.2, 0) is 16.6 Å². The van der Waals surface area contributed by atoms with Crippen LogP contribution in [0.3, 0.4) is 0 Å². The first-order chi connectivity index (χ1) is 11.4. The summed E-state index contributed by atoms with van der Waals surface area (Å²) in [4.78, 5) is 14.8. The van der Waals surface area contributed by atoms with Crippen molar-refractivity contribution >= 4 is 5.78 Å². The van der Waals surface area contributed by atoms with Crippen LogP contribution in [-0.4, -0.2) is 65.4 Å². The number of likely N-dealkylation sites (tertiary alicyclic amines) is 1. The van der Waals surface area contributed by atoms with E-state index in [1.807, 2.05) is 19.2 Å². The highest BCUT2D eigenvalue weighted by molar-refractivity contribution is 5.90. The lowest BCUT2D eigenvalue weighted by Gasteiger charge is -2.63. The largest absolute Gasteiger partial charge is 0.493 e. The Kier molecular flexibility index (Phi) is 2.64. The van der Waals surface area contributed by atoms with Gasteiger partial charge in [-0.3, -0.25) is 4.79 Å². The van der Waals surface area contributed by atoms with Gasteiger partial charge in [0.05, 0.1) is 18.6 Å². The summed E-state index contributed by atoms with van der Waals surface area (Å²) in [6.45, 7) is 0.753. The van der Waals surface area contributed by atoms with Crippen LogP contribution in [0.15, 0.2) is 12.1 Å². The third kappa shape index (κ3) is 1.31. The minimum atomic E-state index is -1.39. The van der Waals surface area contributed by atoms with Crippen molar-refractivity contribution in [2.75, 3.05) is 20.7 Å². The van der Waals surface area contributed by atoms with Gasteiger partial charge < -0.3 is 24.6 Å². The van der Waals surface area contributed by atoms with Crippen LogP contribution in [0.25, 0.3) is 0 Å². The number of rotatable bonds is 1. The summed E-state index contributed by atoms with van der Waals surface area (Å²) in [6, 6.07) is 3.64. The zero-order chi connectivity index (χ0) is 16.9. The van der Waals surface area contributed by atoms with E-state index < -0.39 is 23.2 Å². The molecular formula is C18H21NO5. The molecule has 0 amide bonds. The van der Waals surface area contributed by atoms with Crippen molar-refractivity contribution in [3.05, 3.63) is 23.3 Å². The lowest BCUT2D eigenvalue weighted by atomic mass is 9.48. The number of carbonyl (C=O) groups is 1. The van der Waals surface area contributed by atoms with Crippen LogP contribution in [0.2, 0.25) is 0 Å². The maximum absolute atomic E-state index is 12.7. The van der Waals surface area contributed by atoms with Crippen LogP contribution < -0.4 is 9.47 Å². The van der Waals surface area contributed by atoms with Gasteiger partial charge in [0.1, 0.15) is 5.60 Å². The number of aliphatic hydroxyl groups is 2. The van der Waals surface area contributed by atoms with E-state index in [4.69, 9.17) is 9.47 Å². The Morgan fingerprint density at radius 1 is 1.38 bits per heavy atom. The number of ketones is 1. The molecule has 1 saturated heterocycles. The van der Waals surface area contributed by atoms with Gasteiger partial charge in [-0.1, -0.05) is 6.07 Å². The fraction of sp³-hybridized carbons (Fsp3) is 0.611. The molecule has 0 radical (unpaired) electrons. The zero-order valence-electron chi connectivity index (χ0n) is 13.8. The summed E-state index contributed by atoms with van der Waals surface area (Å²) in [5.41, 5.74) is -0.304. The van der Waals surface area contributed by atoms with Gasteiger partial charge in [-0.2, -0.15) is 0 Å². The average molecular weight is 331 g/mol. The van der Waals surface area contributed by atoms with E-state index in [0.29, 0.717) is 24.3 Å². The molecule has 5 rings (SSSR count). The molecule has 6 nitrogen and oxygen atoms in total. The normalized spacial score (nSPS) is 42.5. The van der Waals surface area contributed by atoms with Crippen molar-refractivity contribution in [3.63, 3.8) is 0 Å². The van der Waals surface area contributed by atoms with Crippen molar-refractivity contribution < 1.29 is 24.5 Å². The molecule has 5 atom stereocenters. The van der Waals surface area contributed by atoms with Gasteiger partial charge in [-0.15, -0.1) is 0 Å². The zero-order valence-corrected chi connectivity index (χ0v) is 13.8. The van der Waals surface area contributed by atoms with Crippen LogP contribution in [0.1, 0.15) is 24.0 Å². The van der Waals surface area contributed by atoms with Crippen LogP contribution in [0.5, 0.6) is 11.5 Å². The summed E-state index contributed by atoms with van der Waals surface area (Å²) in [7, 11) is 3.54. The quantitative estimate of drug-likeness (QED) is 0.755. The van der Waals surface area contributed by atoms with E-state index in [-0.39, 0.29) is 18.2 Å². The van der Waals surface area contributed by atoms with Crippen molar-refractivity contribution in [1.82, 2.24) is 4.90 Å². The third-order valence-corrected chi connectivity index (χ3v) is 6.78. The molecule has 24 heavy (non-hydrogen) atoms. The number of benzene rings is 1. The second kappa shape index (κ2) is 4.31. The highest BCUT2D eigenvalue weighted by atomic mass is 16.5. The van der Waals surface area contributed by atoms with E-state index in [0.717, 1.165) is 17.7 Å². The minimum absolute atomic E-state index is 0.0705. The molecule has 1 spiro atoms. The monoisotopic (exact) mass is 331 g/mol.